The predicted molar refractivity (Wildman–Crippen MR) is 118 cm³/mol. The standard InChI is InChI=1S/C22H22Cl2N2O5/c1-29-16-7-5-14(6-8-16)19-12-26-21(31-19)10-9-20(28)25-11-15(27)13-30-18-4-2-3-17(23)22(18)24/h2-8,12,15,27H,9-11,13H2,1H3,(H,25,28). The fourth-order valence-electron chi connectivity index (χ4n) is 2.70. The lowest BCUT2D eigenvalue weighted by Crippen LogP contribution is -2.35. The van der Waals surface area contributed by atoms with E-state index in [0.29, 0.717) is 28.8 Å². The zero-order valence-corrected chi connectivity index (χ0v) is 18.3. The van der Waals surface area contributed by atoms with Crippen molar-refractivity contribution >= 4 is 29.1 Å². The second-order valence-corrected chi connectivity index (χ2v) is 7.45. The van der Waals surface area contributed by atoms with Crippen LogP contribution in [0.4, 0.5) is 0 Å². The van der Waals surface area contributed by atoms with E-state index in [1.807, 2.05) is 24.3 Å². The summed E-state index contributed by atoms with van der Waals surface area (Å²) in [5.74, 6) is 1.97. The Morgan fingerprint density at radius 3 is 2.74 bits per heavy atom. The molecule has 1 unspecified atom stereocenters. The van der Waals surface area contributed by atoms with E-state index in [2.05, 4.69) is 10.3 Å². The number of rotatable bonds is 10. The number of hydrogen-bond acceptors (Lipinski definition) is 6. The van der Waals surface area contributed by atoms with Gasteiger partial charge in [-0.3, -0.25) is 4.79 Å². The zero-order chi connectivity index (χ0) is 22.2. The normalized spacial score (nSPS) is 11.7. The van der Waals surface area contributed by atoms with E-state index in [1.165, 1.54) is 0 Å². The average molecular weight is 465 g/mol. The second-order valence-electron chi connectivity index (χ2n) is 6.67. The Hall–Kier alpha value is -2.74. The SMILES string of the molecule is COc1ccc(-c2cnc(CCC(=O)NCC(O)COc3cccc(Cl)c3Cl)o2)cc1. The maximum atomic E-state index is 12.1. The summed E-state index contributed by atoms with van der Waals surface area (Å²) in [4.78, 5) is 16.3. The number of amides is 1. The Kier molecular flexibility index (Phi) is 8.17. The summed E-state index contributed by atoms with van der Waals surface area (Å²) < 4.78 is 16.3. The van der Waals surface area contributed by atoms with Gasteiger partial charge < -0.3 is 24.3 Å². The molecule has 3 rings (SSSR count). The molecule has 0 aliphatic carbocycles. The molecular weight excluding hydrogens is 443 g/mol. The third-order valence-corrected chi connectivity index (χ3v) is 5.18. The molecule has 3 aromatic rings. The molecule has 164 valence electrons. The number of oxazole rings is 1. The number of aryl methyl sites for hydroxylation is 1. The first-order valence-corrected chi connectivity index (χ1v) is 10.3. The molecule has 0 aliphatic rings. The molecule has 2 aromatic carbocycles. The van der Waals surface area contributed by atoms with Crippen molar-refractivity contribution in [1.29, 1.82) is 0 Å². The quantitative estimate of drug-likeness (QED) is 0.468. The van der Waals surface area contributed by atoms with Crippen LogP contribution in [0, 0.1) is 0 Å². The number of methoxy groups -OCH3 is 1. The highest BCUT2D eigenvalue weighted by Gasteiger charge is 2.12. The largest absolute Gasteiger partial charge is 0.497 e. The monoisotopic (exact) mass is 464 g/mol. The summed E-state index contributed by atoms with van der Waals surface area (Å²) in [6.07, 6.45) is 1.24. The van der Waals surface area contributed by atoms with E-state index in [1.54, 1.807) is 31.5 Å². The molecule has 31 heavy (non-hydrogen) atoms. The number of aromatic nitrogens is 1. The molecule has 9 heteroatoms. The fourth-order valence-corrected chi connectivity index (χ4v) is 3.04. The zero-order valence-electron chi connectivity index (χ0n) is 16.8. The maximum absolute atomic E-state index is 12.1. The van der Waals surface area contributed by atoms with Crippen molar-refractivity contribution in [2.45, 2.75) is 18.9 Å². The van der Waals surface area contributed by atoms with Gasteiger partial charge in [0.1, 0.15) is 29.2 Å². The molecule has 2 N–H and O–H groups in total. The first-order chi connectivity index (χ1) is 15.0. The van der Waals surface area contributed by atoms with Crippen LogP contribution in [0.1, 0.15) is 12.3 Å². The van der Waals surface area contributed by atoms with Gasteiger partial charge >= 0.3 is 0 Å². The molecule has 0 spiro atoms. The highest BCUT2D eigenvalue weighted by Crippen LogP contribution is 2.31. The lowest BCUT2D eigenvalue weighted by molar-refractivity contribution is -0.121. The first kappa shape index (κ1) is 22.9. The molecule has 0 bridgehead atoms. The Bertz CT molecular complexity index is 1010. The number of benzene rings is 2. The van der Waals surface area contributed by atoms with Crippen molar-refractivity contribution in [3.63, 3.8) is 0 Å². The predicted octanol–water partition coefficient (Wildman–Crippen LogP) is 4.15. The minimum Gasteiger partial charge on any atom is -0.497 e. The summed E-state index contributed by atoms with van der Waals surface area (Å²) in [6.45, 7) is 0.00496. The van der Waals surface area contributed by atoms with Gasteiger partial charge in [0.05, 0.1) is 18.3 Å². The maximum Gasteiger partial charge on any atom is 0.220 e. The highest BCUT2D eigenvalue weighted by atomic mass is 35.5. The van der Waals surface area contributed by atoms with Crippen molar-refractivity contribution in [2.24, 2.45) is 0 Å². The minimum atomic E-state index is -0.901. The van der Waals surface area contributed by atoms with Crippen molar-refractivity contribution in [3.05, 3.63) is 64.6 Å². The Balaban J connectivity index is 1.40. The van der Waals surface area contributed by atoms with Crippen LogP contribution in [0.3, 0.4) is 0 Å². The van der Waals surface area contributed by atoms with Gasteiger partial charge in [-0.2, -0.15) is 0 Å². The highest BCUT2D eigenvalue weighted by molar-refractivity contribution is 6.42. The number of hydrogen-bond donors (Lipinski definition) is 2. The van der Waals surface area contributed by atoms with E-state index in [4.69, 9.17) is 37.1 Å². The van der Waals surface area contributed by atoms with Gasteiger partial charge in [-0.25, -0.2) is 4.98 Å². The van der Waals surface area contributed by atoms with Gasteiger partial charge in [-0.1, -0.05) is 29.3 Å². The molecule has 0 aliphatic heterocycles. The van der Waals surface area contributed by atoms with E-state index in [0.717, 1.165) is 11.3 Å². The van der Waals surface area contributed by atoms with Gasteiger partial charge in [0.25, 0.3) is 0 Å². The van der Waals surface area contributed by atoms with Crippen molar-refractivity contribution in [2.75, 3.05) is 20.3 Å². The summed E-state index contributed by atoms with van der Waals surface area (Å²) in [7, 11) is 1.60. The van der Waals surface area contributed by atoms with Crippen molar-refractivity contribution in [1.82, 2.24) is 10.3 Å². The lowest BCUT2D eigenvalue weighted by Gasteiger charge is -2.14. The van der Waals surface area contributed by atoms with Crippen LogP contribution in [0.15, 0.2) is 53.1 Å². The minimum absolute atomic E-state index is 0.0364. The molecular formula is C22H22Cl2N2O5. The number of nitrogens with zero attached hydrogens (tertiary/aromatic N) is 1. The van der Waals surface area contributed by atoms with Gasteiger partial charge in [0.2, 0.25) is 5.91 Å². The van der Waals surface area contributed by atoms with Crippen LogP contribution < -0.4 is 14.8 Å². The van der Waals surface area contributed by atoms with Crippen molar-refractivity contribution < 1.29 is 23.8 Å². The number of halogens is 2. The van der Waals surface area contributed by atoms with Gasteiger partial charge in [0.15, 0.2) is 11.7 Å². The van der Waals surface area contributed by atoms with E-state index in [9.17, 15) is 9.90 Å². The first-order valence-electron chi connectivity index (χ1n) is 9.57. The Morgan fingerprint density at radius 1 is 1.23 bits per heavy atom. The fraction of sp³-hybridized carbons (Fsp3) is 0.273. The molecule has 0 saturated heterocycles. The smallest absolute Gasteiger partial charge is 0.220 e. The van der Waals surface area contributed by atoms with Gasteiger partial charge in [-0.05, 0) is 36.4 Å². The van der Waals surface area contributed by atoms with Crippen molar-refractivity contribution in [3.8, 4) is 22.8 Å². The number of carbonyl (C=O) groups excluding carboxylic acids is 1. The Labute approximate surface area is 189 Å². The van der Waals surface area contributed by atoms with Gasteiger partial charge in [-0.15, -0.1) is 0 Å². The molecule has 1 aromatic heterocycles. The number of aliphatic hydroxyl groups is 1. The third kappa shape index (κ3) is 6.62. The van der Waals surface area contributed by atoms with Crippen LogP contribution in [-0.4, -0.2) is 42.4 Å². The van der Waals surface area contributed by atoms with Crippen LogP contribution in [0.25, 0.3) is 11.3 Å². The third-order valence-electron chi connectivity index (χ3n) is 4.38. The summed E-state index contributed by atoms with van der Waals surface area (Å²) >= 11 is 11.9. The van der Waals surface area contributed by atoms with Crippen LogP contribution in [0.2, 0.25) is 10.0 Å². The summed E-state index contributed by atoms with van der Waals surface area (Å²) in [5.41, 5.74) is 0.868. The molecule has 1 heterocycles. The lowest BCUT2D eigenvalue weighted by atomic mass is 10.2. The van der Waals surface area contributed by atoms with E-state index >= 15 is 0 Å². The molecule has 0 fully saturated rings. The summed E-state index contributed by atoms with van der Waals surface area (Å²) in [5, 5.41) is 13.3. The number of carbonyl (C=O) groups is 1. The Morgan fingerprint density at radius 2 is 2.00 bits per heavy atom. The second kappa shape index (κ2) is 11.0. The topological polar surface area (TPSA) is 93.8 Å². The van der Waals surface area contributed by atoms with E-state index < -0.39 is 6.10 Å². The van der Waals surface area contributed by atoms with E-state index in [-0.39, 0.29) is 30.5 Å². The molecule has 1 amide bonds. The van der Waals surface area contributed by atoms with Crippen LogP contribution in [0.5, 0.6) is 11.5 Å². The average Bonchev–Trinajstić information content (AvgIpc) is 3.26. The molecule has 0 saturated carbocycles. The molecule has 1 atom stereocenters. The summed E-state index contributed by atoms with van der Waals surface area (Å²) in [6, 6.07) is 12.4. The number of nitrogens with one attached hydrogen (secondary N) is 1. The molecule has 0 radical (unpaired) electrons. The van der Waals surface area contributed by atoms with Gasteiger partial charge in [0, 0.05) is 24.9 Å². The van der Waals surface area contributed by atoms with Crippen LogP contribution >= 0.6 is 23.2 Å². The molecule has 7 nitrogen and oxygen atoms in total. The number of aliphatic hydroxyl groups excluding tert-OH is 1. The number of ether oxygens (including phenoxy) is 2. The van der Waals surface area contributed by atoms with Crippen LogP contribution in [-0.2, 0) is 11.2 Å².